The van der Waals surface area contributed by atoms with Gasteiger partial charge in [0.2, 0.25) is 0 Å². The van der Waals surface area contributed by atoms with Crippen LogP contribution in [0, 0.1) is 0 Å². The van der Waals surface area contributed by atoms with Gasteiger partial charge in [-0.25, -0.2) is 8.37 Å². The smallest absolute Gasteiger partial charge is 0.374 e. The van der Waals surface area contributed by atoms with Crippen molar-refractivity contribution in [3.05, 3.63) is 35.9 Å². The van der Waals surface area contributed by atoms with Crippen LogP contribution in [0.25, 0.3) is 0 Å². The molecule has 2 rings (SSSR count). The first-order chi connectivity index (χ1) is 7.66. The van der Waals surface area contributed by atoms with Crippen LogP contribution < -0.4 is 0 Å². The minimum atomic E-state index is -3.77. The molecule has 1 heterocycles. The first kappa shape index (κ1) is 11.5. The van der Waals surface area contributed by atoms with Gasteiger partial charge in [0, 0.05) is 0 Å². The first-order valence-electron chi connectivity index (χ1n) is 4.85. The Morgan fingerprint density at radius 1 is 1.31 bits per heavy atom. The Kier molecular flexibility index (Phi) is 3.55. The number of rotatable bonds is 4. The molecule has 1 atom stereocenters. The molecule has 0 N–H and O–H groups in total. The summed E-state index contributed by atoms with van der Waals surface area (Å²) in [6.45, 7) is 0.659. The maximum Gasteiger partial charge on any atom is 0.400 e. The maximum absolute atomic E-state index is 10.8. The van der Waals surface area contributed by atoms with Gasteiger partial charge in [0.15, 0.2) is 0 Å². The van der Waals surface area contributed by atoms with E-state index in [2.05, 4.69) is 8.37 Å². The Morgan fingerprint density at radius 3 is 2.69 bits per heavy atom. The van der Waals surface area contributed by atoms with Crippen LogP contribution in [0.5, 0.6) is 0 Å². The molecule has 1 aromatic carbocycles. The van der Waals surface area contributed by atoms with Gasteiger partial charge in [-0.05, 0) is 5.56 Å². The topological polar surface area (TPSA) is 61.8 Å². The summed E-state index contributed by atoms with van der Waals surface area (Å²) in [7, 11) is -3.77. The highest BCUT2D eigenvalue weighted by atomic mass is 32.3. The molecule has 6 heteroatoms. The molecule has 1 aromatic rings. The highest BCUT2D eigenvalue weighted by Crippen LogP contribution is 2.13. The summed E-state index contributed by atoms with van der Waals surface area (Å²) in [5.41, 5.74) is 1.03. The molecule has 88 valence electrons. The number of benzene rings is 1. The monoisotopic (exact) mass is 244 g/mol. The Morgan fingerprint density at radius 2 is 2.06 bits per heavy atom. The second-order valence-corrected chi connectivity index (χ2v) is 4.66. The van der Waals surface area contributed by atoms with E-state index in [0.717, 1.165) is 5.56 Å². The van der Waals surface area contributed by atoms with Crippen molar-refractivity contribution in [2.24, 2.45) is 0 Å². The van der Waals surface area contributed by atoms with Crippen LogP contribution >= 0.6 is 0 Å². The lowest BCUT2D eigenvalue weighted by molar-refractivity contribution is 0.0510. The van der Waals surface area contributed by atoms with Gasteiger partial charge < -0.3 is 4.74 Å². The molecule has 1 saturated heterocycles. The fourth-order valence-electron chi connectivity index (χ4n) is 1.34. The molecule has 0 radical (unpaired) electrons. The van der Waals surface area contributed by atoms with Crippen molar-refractivity contribution in [2.45, 2.75) is 12.7 Å². The normalized spacial score (nSPS) is 23.4. The highest BCUT2D eigenvalue weighted by Gasteiger charge is 2.29. The highest BCUT2D eigenvalue weighted by molar-refractivity contribution is 7.82. The van der Waals surface area contributed by atoms with Crippen LogP contribution in [0.3, 0.4) is 0 Å². The fraction of sp³-hybridized carbons (Fsp3) is 0.400. The van der Waals surface area contributed by atoms with Gasteiger partial charge in [0.1, 0.15) is 6.10 Å². The lowest BCUT2D eigenvalue weighted by atomic mass is 10.2. The molecule has 16 heavy (non-hydrogen) atoms. The van der Waals surface area contributed by atoms with E-state index in [1.54, 1.807) is 0 Å². The molecule has 0 spiro atoms. The summed E-state index contributed by atoms with van der Waals surface area (Å²) in [5.74, 6) is 0. The second kappa shape index (κ2) is 4.92. The molecule has 0 unspecified atom stereocenters. The molecule has 0 aromatic heterocycles. The van der Waals surface area contributed by atoms with E-state index in [9.17, 15) is 8.42 Å². The van der Waals surface area contributed by atoms with Gasteiger partial charge in [-0.1, -0.05) is 30.3 Å². The molecule has 0 aliphatic carbocycles. The van der Waals surface area contributed by atoms with Crippen LogP contribution in [0.15, 0.2) is 30.3 Å². The summed E-state index contributed by atoms with van der Waals surface area (Å²) >= 11 is 0. The average molecular weight is 244 g/mol. The van der Waals surface area contributed by atoms with Crippen molar-refractivity contribution in [1.82, 2.24) is 0 Å². The molecule has 0 saturated carbocycles. The zero-order chi connectivity index (χ0) is 11.4. The van der Waals surface area contributed by atoms with Crippen LogP contribution in [-0.2, 0) is 30.1 Å². The lowest BCUT2D eigenvalue weighted by Gasteiger charge is -2.06. The van der Waals surface area contributed by atoms with Gasteiger partial charge in [-0.2, -0.15) is 8.42 Å². The summed E-state index contributed by atoms with van der Waals surface area (Å²) in [6.07, 6.45) is -0.534. The Hall–Kier alpha value is -0.950. The van der Waals surface area contributed by atoms with Gasteiger partial charge >= 0.3 is 10.4 Å². The third-order valence-corrected chi connectivity index (χ3v) is 3.00. The Bertz CT molecular complexity index is 428. The van der Waals surface area contributed by atoms with Crippen LogP contribution in [-0.4, -0.2) is 27.7 Å². The van der Waals surface area contributed by atoms with E-state index < -0.39 is 16.5 Å². The average Bonchev–Trinajstić information content (AvgIpc) is 2.60. The van der Waals surface area contributed by atoms with Gasteiger partial charge in [0.05, 0.1) is 19.8 Å². The Labute approximate surface area is 94.3 Å². The van der Waals surface area contributed by atoms with Crippen molar-refractivity contribution in [1.29, 1.82) is 0 Å². The quantitative estimate of drug-likeness (QED) is 0.786. The predicted molar refractivity (Wildman–Crippen MR) is 55.8 cm³/mol. The van der Waals surface area contributed by atoms with Gasteiger partial charge in [-0.3, -0.25) is 0 Å². The molecule has 1 aliphatic rings. The zero-order valence-corrected chi connectivity index (χ0v) is 9.35. The molecule has 5 nitrogen and oxygen atoms in total. The molecule has 0 amide bonds. The molecule has 1 aliphatic heterocycles. The van der Waals surface area contributed by atoms with E-state index in [1.807, 2.05) is 30.3 Å². The SMILES string of the molecule is O=S1(=O)OC[C@H](COCc2ccccc2)O1. The van der Waals surface area contributed by atoms with Gasteiger partial charge in [0.25, 0.3) is 0 Å². The van der Waals surface area contributed by atoms with Crippen LogP contribution in [0.2, 0.25) is 0 Å². The molecular formula is C10H12O5S. The second-order valence-electron chi connectivity index (χ2n) is 3.41. The summed E-state index contributed by atoms with van der Waals surface area (Å²) in [4.78, 5) is 0. The molecule has 1 fully saturated rings. The van der Waals surface area contributed by atoms with Crippen molar-refractivity contribution >= 4 is 10.4 Å². The van der Waals surface area contributed by atoms with Crippen molar-refractivity contribution in [2.75, 3.05) is 13.2 Å². The number of ether oxygens (including phenoxy) is 1. The van der Waals surface area contributed by atoms with Crippen LogP contribution in [0.1, 0.15) is 5.56 Å². The minimum Gasteiger partial charge on any atom is -0.374 e. The van der Waals surface area contributed by atoms with Crippen molar-refractivity contribution < 1.29 is 21.5 Å². The molecular weight excluding hydrogens is 232 g/mol. The van der Waals surface area contributed by atoms with E-state index in [0.29, 0.717) is 6.61 Å². The van der Waals surface area contributed by atoms with Crippen LogP contribution in [0.4, 0.5) is 0 Å². The summed E-state index contributed by atoms with van der Waals surface area (Å²) in [6, 6.07) is 9.62. The molecule has 0 bridgehead atoms. The first-order valence-corrected chi connectivity index (χ1v) is 6.18. The lowest BCUT2D eigenvalue weighted by Crippen LogP contribution is -2.17. The number of hydrogen-bond acceptors (Lipinski definition) is 5. The predicted octanol–water partition coefficient (Wildman–Crippen LogP) is 0.863. The minimum absolute atomic E-state index is 0.0249. The summed E-state index contributed by atoms with van der Waals surface area (Å²) < 4.78 is 35.9. The van der Waals surface area contributed by atoms with E-state index >= 15 is 0 Å². The fourth-order valence-corrected chi connectivity index (χ4v) is 2.16. The summed E-state index contributed by atoms with van der Waals surface area (Å²) in [5, 5.41) is 0. The van der Waals surface area contributed by atoms with E-state index in [1.165, 1.54) is 0 Å². The standard InChI is InChI=1S/C10H12O5S/c11-16(12)14-8-10(15-16)7-13-6-9-4-2-1-3-5-9/h1-5,10H,6-8H2/t10-/m0/s1. The third kappa shape index (κ3) is 3.28. The Balaban J connectivity index is 1.74. The largest absolute Gasteiger partial charge is 0.400 e. The number of hydrogen-bond donors (Lipinski definition) is 0. The van der Waals surface area contributed by atoms with Crippen molar-refractivity contribution in [3.63, 3.8) is 0 Å². The van der Waals surface area contributed by atoms with Gasteiger partial charge in [-0.15, -0.1) is 0 Å². The van der Waals surface area contributed by atoms with E-state index in [-0.39, 0.29) is 13.2 Å². The zero-order valence-electron chi connectivity index (χ0n) is 8.53. The van der Waals surface area contributed by atoms with Crippen molar-refractivity contribution in [3.8, 4) is 0 Å². The maximum atomic E-state index is 10.8. The third-order valence-electron chi connectivity index (χ3n) is 2.07. The van der Waals surface area contributed by atoms with E-state index in [4.69, 9.17) is 4.74 Å².